The average Bonchev–Trinajstić information content (AvgIpc) is 2.54. The molecule has 2 rings (SSSR count). The first-order valence-corrected chi connectivity index (χ1v) is 8.00. The first kappa shape index (κ1) is 19.5. The molecular weight excluding hydrogens is 353 g/mol. The Kier molecular flexibility index (Phi) is 5.73. The standard InChI is InChI=1S/C16H19F3N4O3/c1-3-4-8-22(10(2)24)13-20-14(25)23(15(26)21-13)12-7-5-6-11(9-12)16(17,18)19/h5-7,9,13H,3-4,8H2,1-2H3,(H,20,25)(H,21,26). The second-order valence-corrected chi connectivity index (χ2v) is 5.75. The SMILES string of the molecule is CCCCN(C(C)=O)C1NC(=O)N(c2cccc(C(F)(F)F)c2)C(=O)N1. The Morgan fingerprint density at radius 1 is 1.23 bits per heavy atom. The van der Waals surface area contributed by atoms with Crippen LogP contribution in [0.4, 0.5) is 28.4 Å². The molecule has 1 aliphatic rings. The zero-order valence-electron chi connectivity index (χ0n) is 14.3. The summed E-state index contributed by atoms with van der Waals surface area (Å²) in [5.41, 5.74) is -1.21. The maximum absolute atomic E-state index is 12.8. The molecule has 1 aromatic rings. The topological polar surface area (TPSA) is 81.8 Å². The molecule has 1 heterocycles. The highest BCUT2D eigenvalue weighted by atomic mass is 19.4. The van der Waals surface area contributed by atoms with Gasteiger partial charge in [-0.25, -0.2) is 14.5 Å². The molecule has 5 amide bonds. The number of unbranched alkanes of at least 4 members (excludes halogenated alkanes) is 1. The molecule has 0 saturated carbocycles. The molecule has 0 unspecified atom stereocenters. The lowest BCUT2D eigenvalue weighted by Crippen LogP contribution is -2.69. The third-order valence-electron chi connectivity index (χ3n) is 3.83. The van der Waals surface area contributed by atoms with Crippen molar-refractivity contribution in [3.8, 4) is 0 Å². The Bertz CT molecular complexity index is 690. The molecule has 2 N–H and O–H groups in total. The summed E-state index contributed by atoms with van der Waals surface area (Å²) < 4.78 is 38.5. The Labute approximate surface area is 148 Å². The first-order chi connectivity index (χ1) is 12.1. The molecule has 0 aliphatic carbocycles. The molecule has 0 radical (unpaired) electrons. The zero-order chi connectivity index (χ0) is 19.5. The Morgan fingerprint density at radius 3 is 2.35 bits per heavy atom. The van der Waals surface area contributed by atoms with Crippen LogP contribution in [0, 0.1) is 0 Å². The molecule has 10 heteroatoms. The van der Waals surface area contributed by atoms with Gasteiger partial charge < -0.3 is 4.90 Å². The average molecular weight is 372 g/mol. The monoisotopic (exact) mass is 372 g/mol. The van der Waals surface area contributed by atoms with Gasteiger partial charge >= 0.3 is 18.2 Å². The van der Waals surface area contributed by atoms with E-state index < -0.39 is 30.1 Å². The summed E-state index contributed by atoms with van der Waals surface area (Å²) in [6.07, 6.45) is -4.19. The van der Waals surface area contributed by atoms with Crippen LogP contribution in [0.25, 0.3) is 0 Å². The quantitative estimate of drug-likeness (QED) is 0.834. The van der Waals surface area contributed by atoms with E-state index in [1.807, 2.05) is 6.92 Å². The molecule has 1 aliphatic heterocycles. The number of nitrogens with zero attached hydrogens (tertiary/aromatic N) is 2. The number of urea groups is 2. The highest BCUT2D eigenvalue weighted by Crippen LogP contribution is 2.32. The number of carbonyl (C=O) groups excluding carboxylic acids is 3. The van der Waals surface area contributed by atoms with Crippen molar-refractivity contribution >= 4 is 23.7 Å². The number of rotatable bonds is 5. The van der Waals surface area contributed by atoms with E-state index in [0.717, 1.165) is 18.6 Å². The minimum absolute atomic E-state index is 0.226. The van der Waals surface area contributed by atoms with E-state index in [-0.39, 0.29) is 11.6 Å². The van der Waals surface area contributed by atoms with E-state index in [1.165, 1.54) is 17.9 Å². The summed E-state index contributed by atoms with van der Waals surface area (Å²) in [6, 6.07) is 2.04. The maximum atomic E-state index is 12.8. The van der Waals surface area contributed by atoms with Crippen LogP contribution in [-0.4, -0.2) is 35.7 Å². The number of imide groups is 1. The van der Waals surface area contributed by atoms with Gasteiger partial charge in [-0.15, -0.1) is 0 Å². The van der Waals surface area contributed by atoms with Crippen LogP contribution in [0.3, 0.4) is 0 Å². The second kappa shape index (κ2) is 7.63. The summed E-state index contributed by atoms with van der Waals surface area (Å²) in [4.78, 5) is 38.2. The smallest absolute Gasteiger partial charge is 0.305 e. The first-order valence-electron chi connectivity index (χ1n) is 8.00. The van der Waals surface area contributed by atoms with Crippen molar-refractivity contribution in [2.24, 2.45) is 0 Å². The van der Waals surface area contributed by atoms with Crippen LogP contribution in [-0.2, 0) is 11.0 Å². The van der Waals surface area contributed by atoms with Crippen LogP contribution < -0.4 is 15.5 Å². The summed E-state index contributed by atoms with van der Waals surface area (Å²) >= 11 is 0. The molecule has 142 valence electrons. The number of hydrogen-bond acceptors (Lipinski definition) is 3. The van der Waals surface area contributed by atoms with E-state index in [9.17, 15) is 27.6 Å². The van der Waals surface area contributed by atoms with Gasteiger partial charge in [-0.1, -0.05) is 19.4 Å². The predicted molar refractivity (Wildman–Crippen MR) is 87.1 cm³/mol. The third kappa shape index (κ3) is 4.24. The van der Waals surface area contributed by atoms with Crippen molar-refractivity contribution in [3.63, 3.8) is 0 Å². The molecule has 1 fully saturated rings. The van der Waals surface area contributed by atoms with Gasteiger partial charge in [-0.2, -0.15) is 13.2 Å². The van der Waals surface area contributed by atoms with Crippen LogP contribution in [0.2, 0.25) is 0 Å². The predicted octanol–water partition coefficient (Wildman–Crippen LogP) is 2.88. The van der Waals surface area contributed by atoms with Crippen molar-refractivity contribution in [2.75, 3.05) is 11.4 Å². The molecule has 1 saturated heterocycles. The highest BCUT2D eigenvalue weighted by Gasteiger charge is 2.37. The number of halogens is 3. The number of carbonyl (C=O) groups is 3. The molecule has 0 atom stereocenters. The molecule has 0 spiro atoms. The van der Waals surface area contributed by atoms with Crippen molar-refractivity contribution in [1.29, 1.82) is 0 Å². The van der Waals surface area contributed by atoms with Crippen molar-refractivity contribution in [1.82, 2.24) is 15.5 Å². The van der Waals surface area contributed by atoms with E-state index in [2.05, 4.69) is 10.6 Å². The lowest BCUT2D eigenvalue weighted by molar-refractivity contribution is -0.137. The van der Waals surface area contributed by atoms with Crippen molar-refractivity contribution in [2.45, 2.75) is 39.2 Å². The summed E-state index contributed by atoms with van der Waals surface area (Å²) in [5.74, 6) is -0.350. The number of alkyl halides is 3. The fourth-order valence-corrected chi connectivity index (χ4v) is 2.50. The summed E-state index contributed by atoms with van der Waals surface area (Å²) in [6.45, 7) is 3.54. The minimum atomic E-state index is -4.60. The largest absolute Gasteiger partial charge is 0.416 e. The van der Waals surface area contributed by atoms with Crippen LogP contribution in [0.15, 0.2) is 24.3 Å². The van der Waals surface area contributed by atoms with Gasteiger partial charge in [-0.3, -0.25) is 15.4 Å². The van der Waals surface area contributed by atoms with Crippen LogP contribution in [0.1, 0.15) is 32.3 Å². The van der Waals surface area contributed by atoms with Gasteiger partial charge in [0, 0.05) is 13.5 Å². The van der Waals surface area contributed by atoms with Gasteiger partial charge in [0.2, 0.25) is 5.91 Å². The molecule has 26 heavy (non-hydrogen) atoms. The van der Waals surface area contributed by atoms with E-state index >= 15 is 0 Å². The summed E-state index contributed by atoms with van der Waals surface area (Å²) in [7, 11) is 0. The zero-order valence-corrected chi connectivity index (χ0v) is 14.3. The van der Waals surface area contributed by atoms with Crippen LogP contribution >= 0.6 is 0 Å². The van der Waals surface area contributed by atoms with E-state index in [1.54, 1.807) is 0 Å². The molecule has 0 bridgehead atoms. The van der Waals surface area contributed by atoms with Crippen molar-refractivity contribution < 1.29 is 27.6 Å². The fourth-order valence-electron chi connectivity index (χ4n) is 2.50. The lowest BCUT2D eigenvalue weighted by Gasteiger charge is -2.38. The molecule has 7 nitrogen and oxygen atoms in total. The Morgan fingerprint density at radius 2 is 1.85 bits per heavy atom. The number of benzene rings is 1. The normalized spacial score (nSPS) is 15.5. The highest BCUT2D eigenvalue weighted by molar-refractivity contribution is 6.15. The van der Waals surface area contributed by atoms with Gasteiger partial charge in [0.05, 0.1) is 11.3 Å². The summed E-state index contributed by atoms with van der Waals surface area (Å²) in [5, 5.41) is 4.85. The molecule has 1 aromatic carbocycles. The molecule has 0 aromatic heterocycles. The Balaban J connectivity index is 2.22. The van der Waals surface area contributed by atoms with Gasteiger partial charge in [-0.05, 0) is 24.6 Å². The van der Waals surface area contributed by atoms with Gasteiger partial charge in [0.25, 0.3) is 0 Å². The number of amides is 5. The van der Waals surface area contributed by atoms with Crippen molar-refractivity contribution in [3.05, 3.63) is 29.8 Å². The minimum Gasteiger partial charge on any atom is -0.305 e. The van der Waals surface area contributed by atoms with Gasteiger partial charge in [0.1, 0.15) is 0 Å². The third-order valence-corrected chi connectivity index (χ3v) is 3.83. The van der Waals surface area contributed by atoms with E-state index in [4.69, 9.17) is 0 Å². The van der Waals surface area contributed by atoms with Gasteiger partial charge in [0.15, 0.2) is 6.29 Å². The maximum Gasteiger partial charge on any atom is 0.416 e. The molecular formula is C16H19F3N4O3. The second-order valence-electron chi connectivity index (χ2n) is 5.75. The van der Waals surface area contributed by atoms with E-state index in [0.29, 0.717) is 23.9 Å². The van der Waals surface area contributed by atoms with Crippen LogP contribution in [0.5, 0.6) is 0 Å². The fraction of sp³-hybridized carbons (Fsp3) is 0.438. The number of hydrogen-bond donors (Lipinski definition) is 2. The lowest BCUT2D eigenvalue weighted by atomic mass is 10.2. The Hall–Kier alpha value is -2.78. The number of anilines is 1. The number of nitrogens with one attached hydrogen (secondary N) is 2.